The summed E-state index contributed by atoms with van der Waals surface area (Å²) < 4.78 is 0. The first-order valence-electron chi connectivity index (χ1n) is 4.52. The summed E-state index contributed by atoms with van der Waals surface area (Å²) in [5.74, 6) is 2.11. The quantitative estimate of drug-likeness (QED) is 0.558. The standard InChI is InChI=1S/C7H9OP.C5H5.Fe/c1-5-4-9-7(3-8)6(5)2;1-2-4-5-3-1;/h3-4,9H,1-2H3;1-5H;. The Morgan fingerprint density at radius 1 is 1.13 bits per heavy atom. The van der Waals surface area contributed by atoms with E-state index < -0.39 is 0 Å². The van der Waals surface area contributed by atoms with E-state index in [2.05, 4.69) is 5.80 Å². The van der Waals surface area contributed by atoms with Gasteiger partial charge in [0.1, 0.15) is 0 Å². The van der Waals surface area contributed by atoms with Gasteiger partial charge in [-0.05, 0) is 30.8 Å². The molecule has 1 aromatic heterocycles. The van der Waals surface area contributed by atoms with E-state index in [1.165, 1.54) is 11.1 Å². The Balaban J connectivity index is 0.000000280. The Morgan fingerprint density at radius 3 is 1.93 bits per heavy atom. The zero-order chi connectivity index (χ0) is 10.4. The van der Waals surface area contributed by atoms with Crippen molar-refractivity contribution < 1.29 is 21.9 Å². The average Bonchev–Trinajstić information content (AvgIpc) is 2.82. The molecule has 0 bridgehead atoms. The van der Waals surface area contributed by atoms with Crippen molar-refractivity contribution >= 4 is 14.5 Å². The van der Waals surface area contributed by atoms with Gasteiger partial charge in [-0.25, -0.2) is 0 Å². The molecule has 0 saturated heterocycles. The Bertz CT molecular complexity index is 354. The van der Waals surface area contributed by atoms with Crippen molar-refractivity contribution in [3.05, 3.63) is 52.9 Å². The van der Waals surface area contributed by atoms with Crippen LogP contribution in [0.1, 0.15) is 21.2 Å². The minimum Gasteiger partial charge on any atom is -0.298 e. The third-order valence-electron chi connectivity index (χ3n) is 2.11. The summed E-state index contributed by atoms with van der Waals surface area (Å²) in [6.45, 7) is 4.04. The molecule has 0 aromatic carbocycles. The van der Waals surface area contributed by atoms with Crippen LogP contribution < -0.4 is 0 Å². The summed E-state index contributed by atoms with van der Waals surface area (Å²) in [6.07, 6.45) is 11.0. The fourth-order valence-electron chi connectivity index (χ4n) is 1.06. The molecule has 1 aromatic rings. The van der Waals surface area contributed by atoms with Gasteiger partial charge in [0.05, 0.1) is 0 Å². The van der Waals surface area contributed by atoms with Gasteiger partial charge >= 0.3 is 0 Å². The van der Waals surface area contributed by atoms with Crippen molar-refractivity contribution in [3.63, 3.8) is 0 Å². The predicted octanol–water partition coefficient (Wildman–Crippen LogP) is 3.46. The normalized spacial score (nSPS) is 12.1. The first-order valence-corrected chi connectivity index (χ1v) is 5.60. The molecule has 1 atom stereocenters. The molecule has 1 aliphatic carbocycles. The van der Waals surface area contributed by atoms with Gasteiger partial charge in [-0.2, -0.15) is 0 Å². The van der Waals surface area contributed by atoms with Gasteiger partial charge in [-0.3, -0.25) is 4.79 Å². The van der Waals surface area contributed by atoms with E-state index >= 15 is 0 Å². The SMILES string of the molecule is Cc1c[pH]c(C=O)c1C.[CH]1C=CC=C1.[Fe]. The molecule has 1 heterocycles. The molecular weight excluding hydrogens is 247 g/mol. The van der Waals surface area contributed by atoms with Gasteiger partial charge < -0.3 is 0 Å². The second-order valence-corrected chi connectivity index (χ2v) is 4.21. The average molecular weight is 261 g/mol. The van der Waals surface area contributed by atoms with Gasteiger partial charge in [0.15, 0.2) is 6.29 Å². The number of aldehydes is 1. The number of allylic oxidation sites excluding steroid dienone is 4. The molecule has 0 saturated carbocycles. The Morgan fingerprint density at radius 2 is 1.73 bits per heavy atom. The molecule has 0 amide bonds. The molecule has 0 aliphatic heterocycles. The van der Waals surface area contributed by atoms with Crippen LogP contribution in [0.3, 0.4) is 0 Å². The summed E-state index contributed by atoms with van der Waals surface area (Å²) in [6, 6.07) is 0. The van der Waals surface area contributed by atoms with Crippen LogP contribution in [-0.2, 0) is 17.1 Å². The minimum atomic E-state index is 0. The van der Waals surface area contributed by atoms with E-state index in [1.807, 2.05) is 44.6 Å². The second-order valence-electron chi connectivity index (χ2n) is 3.09. The second kappa shape index (κ2) is 7.70. The fourth-order valence-corrected chi connectivity index (χ4v) is 2.13. The van der Waals surface area contributed by atoms with Crippen LogP contribution in [0, 0.1) is 20.3 Å². The van der Waals surface area contributed by atoms with Crippen molar-refractivity contribution in [2.24, 2.45) is 0 Å². The van der Waals surface area contributed by atoms with Crippen LogP contribution in [0.15, 0.2) is 30.1 Å². The van der Waals surface area contributed by atoms with Gasteiger partial charge in [0.2, 0.25) is 0 Å². The molecule has 2 rings (SSSR count). The van der Waals surface area contributed by atoms with Crippen molar-refractivity contribution in [2.45, 2.75) is 13.8 Å². The molecular formula is C12H14FeOP. The number of carbonyl (C=O) groups is 1. The van der Waals surface area contributed by atoms with E-state index in [0.717, 1.165) is 11.6 Å². The van der Waals surface area contributed by atoms with Gasteiger partial charge in [-0.1, -0.05) is 24.3 Å². The minimum absolute atomic E-state index is 0. The van der Waals surface area contributed by atoms with Crippen molar-refractivity contribution in [1.29, 1.82) is 0 Å². The molecule has 3 heteroatoms. The molecule has 1 unspecified atom stereocenters. The monoisotopic (exact) mass is 261 g/mol. The molecule has 0 spiro atoms. The zero-order valence-corrected chi connectivity index (χ0v) is 10.9. The zero-order valence-electron chi connectivity index (χ0n) is 8.80. The van der Waals surface area contributed by atoms with Crippen LogP contribution in [0.4, 0.5) is 0 Å². The number of carbonyl (C=O) groups excluding carboxylic acids is 1. The van der Waals surface area contributed by atoms with Gasteiger partial charge in [0, 0.05) is 28.8 Å². The topological polar surface area (TPSA) is 17.1 Å². The van der Waals surface area contributed by atoms with E-state index in [1.54, 1.807) is 0 Å². The predicted molar refractivity (Wildman–Crippen MR) is 63.4 cm³/mol. The smallest absolute Gasteiger partial charge is 0.154 e. The maximum absolute atomic E-state index is 10.3. The van der Waals surface area contributed by atoms with Crippen LogP contribution >= 0.6 is 8.19 Å². The number of aryl methyl sites for hydroxylation is 1. The summed E-state index contributed by atoms with van der Waals surface area (Å²) in [7, 11) is 0.610. The van der Waals surface area contributed by atoms with Crippen LogP contribution in [0.2, 0.25) is 0 Å². The summed E-state index contributed by atoms with van der Waals surface area (Å²) in [4.78, 5) is 10.3. The molecule has 15 heavy (non-hydrogen) atoms. The third kappa shape index (κ3) is 4.66. The Labute approximate surface area is 103 Å². The van der Waals surface area contributed by atoms with Gasteiger partial charge in [-0.15, -0.1) is 8.19 Å². The van der Waals surface area contributed by atoms with Crippen molar-refractivity contribution in [3.8, 4) is 0 Å². The van der Waals surface area contributed by atoms with Crippen LogP contribution in [0.25, 0.3) is 0 Å². The van der Waals surface area contributed by atoms with E-state index in [-0.39, 0.29) is 17.1 Å². The van der Waals surface area contributed by atoms with Crippen molar-refractivity contribution in [1.82, 2.24) is 0 Å². The summed E-state index contributed by atoms with van der Waals surface area (Å²) >= 11 is 0. The number of hydrogen-bond donors (Lipinski definition) is 0. The van der Waals surface area contributed by atoms with Crippen molar-refractivity contribution in [2.75, 3.05) is 0 Å². The molecule has 0 N–H and O–H groups in total. The first kappa shape index (κ1) is 14.4. The fraction of sp³-hybridized carbons (Fsp3) is 0.167. The summed E-state index contributed by atoms with van der Waals surface area (Å²) in [5.41, 5.74) is 2.43. The summed E-state index contributed by atoms with van der Waals surface area (Å²) in [5, 5.41) is 0.965. The third-order valence-corrected chi connectivity index (χ3v) is 3.49. The van der Waals surface area contributed by atoms with Crippen LogP contribution in [0.5, 0.6) is 0 Å². The maximum Gasteiger partial charge on any atom is 0.154 e. The molecule has 1 nitrogen and oxygen atoms in total. The van der Waals surface area contributed by atoms with E-state index in [0.29, 0.717) is 8.19 Å². The maximum atomic E-state index is 10.3. The number of rotatable bonds is 1. The molecule has 1 aliphatic rings. The largest absolute Gasteiger partial charge is 0.298 e. The first-order chi connectivity index (χ1) is 6.75. The number of hydrogen-bond acceptors (Lipinski definition) is 1. The molecule has 1 radical (unpaired) electrons. The van der Waals surface area contributed by atoms with E-state index in [4.69, 9.17) is 0 Å². The van der Waals surface area contributed by atoms with Gasteiger partial charge in [0.25, 0.3) is 0 Å². The van der Waals surface area contributed by atoms with Crippen LogP contribution in [-0.4, -0.2) is 6.29 Å². The molecule has 0 fully saturated rings. The Kier molecular flexibility index (Phi) is 7.42. The Hall–Kier alpha value is -0.551. The molecule has 81 valence electrons. The van der Waals surface area contributed by atoms with E-state index in [9.17, 15) is 4.79 Å².